The largest absolute Gasteiger partial charge is 0.494 e. The highest BCUT2D eigenvalue weighted by Gasteiger charge is 2.16. The number of anilines is 1. The van der Waals surface area contributed by atoms with Crippen LogP contribution in [0.5, 0.6) is 5.75 Å². The van der Waals surface area contributed by atoms with Gasteiger partial charge in [0.1, 0.15) is 10.6 Å². The molecule has 0 aliphatic heterocycles. The second kappa shape index (κ2) is 8.17. The van der Waals surface area contributed by atoms with Gasteiger partial charge < -0.3 is 4.74 Å². The summed E-state index contributed by atoms with van der Waals surface area (Å²) in [4.78, 5) is 17.3. The van der Waals surface area contributed by atoms with E-state index < -0.39 is 0 Å². The molecule has 1 amide bonds. The Bertz CT molecular complexity index is 842. The fourth-order valence-electron chi connectivity index (χ4n) is 2.17. The number of ether oxygens (including phenoxy) is 1. The summed E-state index contributed by atoms with van der Waals surface area (Å²) in [6, 6.07) is 7.79. The number of carbonyl (C=O) groups is 1. The van der Waals surface area contributed by atoms with Crippen LogP contribution in [0.3, 0.4) is 0 Å². The minimum atomic E-state index is -0.212. The quantitative estimate of drug-likeness (QED) is 0.668. The average Bonchev–Trinajstić information content (AvgIpc) is 3.29. The molecule has 1 aromatic carbocycles. The first-order valence-corrected chi connectivity index (χ1v) is 9.68. The van der Waals surface area contributed by atoms with Crippen molar-refractivity contribution in [1.29, 1.82) is 0 Å². The molecule has 3 aromatic rings. The number of nitrogens with one attached hydrogen (secondary N) is 1. The highest BCUT2D eigenvalue weighted by molar-refractivity contribution is 7.14. The zero-order valence-corrected chi connectivity index (χ0v) is 15.6. The molecule has 0 saturated carbocycles. The minimum absolute atomic E-state index is 0.212. The van der Waals surface area contributed by atoms with Crippen LogP contribution in [0.4, 0.5) is 5.13 Å². The molecule has 0 fully saturated rings. The Morgan fingerprint density at radius 3 is 2.76 bits per heavy atom. The molecule has 0 aliphatic rings. The van der Waals surface area contributed by atoms with Crippen LogP contribution in [-0.4, -0.2) is 27.1 Å². The summed E-state index contributed by atoms with van der Waals surface area (Å²) in [5.41, 5.74) is 2.51. The second-order valence-electron chi connectivity index (χ2n) is 5.27. The number of rotatable bonds is 7. The van der Waals surface area contributed by atoms with E-state index in [1.54, 1.807) is 0 Å². The fourth-order valence-corrected chi connectivity index (χ4v) is 3.53. The van der Waals surface area contributed by atoms with Gasteiger partial charge in [-0.3, -0.25) is 10.1 Å². The van der Waals surface area contributed by atoms with Gasteiger partial charge in [0.25, 0.3) is 5.91 Å². The summed E-state index contributed by atoms with van der Waals surface area (Å²) in [6.45, 7) is 4.73. The zero-order chi connectivity index (χ0) is 17.6. The maximum atomic E-state index is 12.3. The van der Waals surface area contributed by atoms with Crippen LogP contribution >= 0.6 is 22.9 Å². The van der Waals surface area contributed by atoms with Crippen LogP contribution < -0.4 is 10.1 Å². The predicted octanol–water partition coefficient (Wildman–Crippen LogP) is 4.27. The first kappa shape index (κ1) is 17.5. The van der Waals surface area contributed by atoms with Gasteiger partial charge in [-0.15, -0.1) is 16.4 Å². The smallest absolute Gasteiger partial charge is 0.271 e. The van der Waals surface area contributed by atoms with Gasteiger partial charge in [0.05, 0.1) is 18.0 Å². The summed E-state index contributed by atoms with van der Waals surface area (Å²) in [7, 11) is 0. The summed E-state index contributed by atoms with van der Waals surface area (Å²) in [5.74, 6) is 0.634. The first-order valence-electron chi connectivity index (χ1n) is 8.02. The van der Waals surface area contributed by atoms with Gasteiger partial charge in [-0.1, -0.05) is 18.3 Å². The molecule has 25 heavy (non-hydrogen) atoms. The minimum Gasteiger partial charge on any atom is -0.494 e. The van der Waals surface area contributed by atoms with E-state index in [-0.39, 0.29) is 5.91 Å². The van der Waals surface area contributed by atoms with Crippen molar-refractivity contribution >= 4 is 33.9 Å². The second-order valence-corrected chi connectivity index (χ2v) is 6.88. The number of thiazole rings is 1. The van der Waals surface area contributed by atoms with E-state index in [4.69, 9.17) is 4.74 Å². The Hall–Kier alpha value is -2.32. The Kier molecular flexibility index (Phi) is 5.72. The molecule has 6 nitrogen and oxygen atoms in total. The molecule has 8 heteroatoms. The molecule has 0 saturated heterocycles. The number of benzene rings is 1. The highest BCUT2D eigenvalue weighted by atomic mass is 32.1. The summed E-state index contributed by atoms with van der Waals surface area (Å²) >= 11 is 2.49. The Labute approximate surface area is 154 Å². The van der Waals surface area contributed by atoms with E-state index in [2.05, 4.69) is 26.8 Å². The summed E-state index contributed by atoms with van der Waals surface area (Å²) < 4.78 is 9.42. The van der Waals surface area contributed by atoms with E-state index in [1.807, 2.05) is 36.6 Å². The van der Waals surface area contributed by atoms with E-state index in [1.165, 1.54) is 11.3 Å². The molecule has 0 unspecified atom stereocenters. The lowest BCUT2D eigenvalue weighted by atomic mass is 10.2. The SMILES string of the molecule is CCCOc1ccc(-c2csc(NC(=O)c3snnc3CC)n2)cc1. The third kappa shape index (κ3) is 4.21. The molecule has 2 heterocycles. The van der Waals surface area contributed by atoms with Crippen molar-refractivity contribution < 1.29 is 9.53 Å². The number of hydrogen-bond donors (Lipinski definition) is 1. The van der Waals surface area contributed by atoms with E-state index in [0.717, 1.165) is 35.0 Å². The van der Waals surface area contributed by atoms with Gasteiger partial charge in [0.2, 0.25) is 0 Å². The van der Waals surface area contributed by atoms with Crippen molar-refractivity contribution in [2.45, 2.75) is 26.7 Å². The van der Waals surface area contributed by atoms with Crippen molar-refractivity contribution in [3.8, 4) is 17.0 Å². The summed E-state index contributed by atoms with van der Waals surface area (Å²) in [5, 5.41) is 9.26. The molecule has 130 valence electrons. The van der Waals surface area contributed by atoms with Gasteiger partial charge in [-0.25, -0.2) is 4.98 Å². The number of carbonyl (C=O) groups excluding carboxylic acids is 1. The molecule has 0 bridgehead atoms. The third-order valence-corrected chi connectivity index (χ3v) is 4.97. The molecular formula is C17H18N4O2S2. The zero-order valence-electron chi connectivity index (χ0n) is 14.0. The van der Waals surface area contributed by atoms with Crippen LogP contribution in [0, 0.1) is 0 Å². The lowest BCUT2D eigenvalue weighted by Gasteiger charge is -2.04. The molecule has 0 atom stereocenters. The van der Waals surface area contributed by atoms with E-state index >= 15 is 0 Å². The molecule has 0 aliphatic carbocycles. The average molecular weight is 374 g/mol. The molecular weight excluding hydrogens is 356 g/mol. The maximum Gasteiger partial charge on any atom is 0.271 e. The number of aromatic nitrogens is 3. The highest BCUT2D eigenvalue weighted by Crippen LogP contribution is 2.27. The van der Waals surface area contributed by atoms with Crippen LogP contribution in [0.15, 0.2) is 29.6 Å². The van der Waals surface area contributed by atoms with Gasteiger partial charge in [0.15, 0.2) is 5.13 Å². The normalized spacial score (nSPS) is 10.6. The van der Waals surface area contributed by atoms with Gasteiger partial charge in [0, 0.05) is 10.9 Å². The Morgan fingerprint density at radius 2 is 2.04 bits per heavy atom. The predicted molar refractivity (Wildman–Crippen MR) is 101 cm³/mol. The van der Waals surface area contributed by atoms with Gasteiger partial charge in [-0.2, -0.15) is 0 Å². The third-order valence-electron chi connectivity index (χ3n) is 3.44. The molecule has 2 aromatic heterocycles. The van der Waals surface area contributed by atoms with E-state index in [0.29, 0.717) is 28.7 Å². The van der Waals surface area contributed by atoms with Crippen LogP contribution in [-0.2, 0) is 6.42 Å². The maximum absolute atomic E-state index is 12.3. The monoisotopic (exact) mass is 374 g/mol. The lowest BCUT2D eigenvalue weighted by molar-refractivity contribution is 0.102. The first-order chi connectivity index (χ1) is 12.2. The number of amides is 1. The van der Waals surface area contributed by atoms with Crippen molar-refractivity contribution in [2.75, 3.05) is 11.9 Å². The molecule has 1 N–H and O–H groups in total. The van der Waals surface area contributed by atoms with Crippen molar-refractivity contribution in [3.63, 3.8) is 0 Å². The molecule has 0 radical (unpaired) electrons. The van der Waals surface area contributed by atoms with Crippen LogP contribution in [0.2, 0.25) is 0 Å². The van der Waals surface area contributed by atoms with Gasteiger partial charge in [-0.05, 0) is 48.6 Å². The van der Waals surface area contributed by atoms with Gasteiger partial charge >= 0.3 is 0 Å². The fraction of sp³-hybridized carbons (Fsp3) is 0.294. The molecule has 3 rings (SSSR count). The standard InChI is InChI=1S/C17H18N4O2S2/c1-3-9-23-12-7-5-11(6-8-12)14-10-24-17(18-14)19-16(22)15-13(4-2)20-21-25-15/h5-8,10H,3-4,9H2,1-2H3,(H,18,19,22). The van der Waals surface area contributed by atoms with Crippen LogP contribution in [0.25, 0.3) is 11.3 Å². The Balaban J connectivity index is 1.69. The Morgan fingerprint density at radius 1 is 1.24 bits per heavy atom. The lowest BCUT2D eigenvalue weighted by Crippen LogP contribution is -2.12. The number of hydrogen-bond acceptors (Lipinski definition) is 7. The number of nitrogens with zero attached hydrogens (tertiary/aromatic N) is 3. The topological polar surface area (TPSA) is 77.0 Å². The molecule has 0 spiro atoms. The summed E-state index contributed by atoms with van der Waals surface area (Å²) in [6.07, 6.45) is 1.65. The number of aryl methyl sites for hydroxylation is 1. The van der Waals surface area contributed by atoms with Crippen molar-refractivity contribution in [3.05, 3.63) is 40.2 Å². The van der Waals surface area contributed by atoms with Crippen LogP contribution in [0.1, 0.15) is 35.6 Å². The van der Waals surface area contributed by atoms with Crippen molar-refractivity contribution in [2.24, 2.45) is 0 Å². The van der Waals surface area contributed by atoms with E-state index in [9.17, 15) is 4.79 Å². The van der Waals surface area contributed by atoms with Crippen molar-refractivity contribution in [1.82, 2.24) is 14.6 Å².